The van der Waals surface area contributed by atoms with Gasteiger partial charge in [0, 0.05) is 29.9 Å². The zero-order valence-corrected chi connectivity index (χ0v) is 16.1. The van der Waals surface area contributed by atoms with E-state index < -0.39 is 0 Å². The van der Waals surface area contributed by atoms with E-state index in [1.807, 2.05) is 6.07 Å². The standard InChI is InChI=1S/C18H10Br3N/c19-11-2-1-3-14(8-11)22-17-6-4-12(20)9-15(17)16-10-13(21)5-7-18(16)22/h1-10H. The summed E-state index contributed by atoms with van der Waals surface area (Å²) in [7, 11) is 0. The van der Waals surface area contributed by atoms with Crippen LogP contribution in [0.15, 0.2) is 74.1 Å². The Balaban J connectivity index is 2.20. The van der Waals surface area contributed by atoms with Gasteiger partial charge in [-0.2, -0.15) is 0 Å². The molecule has 1 heterocycles. The molecule has 108 valence electrons. The predicted octanol–water partition coefficient (Wildman–Crippen LogP) is 7.07. The van der Waals surface area contributed by atoms with Crippen molar-refractivity contribution in [3.05, 3.63) is 74.1 Å². The van der Waals surface area contributed by atoms with Crippen molar-refractivity contribution in [2.24, 2.45) is 0 Å². The molecule has 0 unspecified atom stereocenters. The van der Waals surface area contributed by atoms with Gasteiger partial charge < -0.3 is 4.57 Å². The maximum Gasteiger partial charge on any atom is 0.0541 e. The van der Waals surface area contributed by atoms with E-state index in [1.54, 1.807) is 0 Å². The zero-order chi connectivity index (χ0) is 15.3. The summed E-state index contributed by atoms with van der Waals surface area (Å²) < 4.78 is 5.56. The number of halogens is 3. The van der Waals surface area contributed by atoms with E-state index in [2.05, 4.69) is 107 Å². The van der Waals surface area contributed by atoms with Crippen LogP contribution in [-0.2, 0) is 0 Å². The normalized spacial score (nSPS) is 11.4. The Labute approximate surface area is 153 Å². The Morgan fingerprint density at radius 3 is 1.68 bits per heavy atom. The van der Waals surface area contributed by atoms with Crippen LogP contribution in [0, 0.1) is 0 Å². The topological polar surface area (TPSA) is 4.93 Å². The average molecular weight is 480 g/mol. The Hall–Kier alpha value is -1.10. The minimum Gasteiger partial charge on any atom is -0.309 e. The zero-order valence-electron chi connectivity index (χ0n) is 11.4. The number of nitrogens with zero attached hydrogens (tertiary/aromatic N) is 1. The third kappa shape index (κ3) is 2.34. The molecule has 4 rings (SSSR count). The first-order valence-corrected chi connectivity index (χ1v) is 9.16. The average Bonchev–Trinajstić information content (AvgIpc) is 2.80. The molecule has 1 nitrogen and oxygen atoms in total. The van der Waals surface area contributed by atoms with Gasteiger partial charge in [0.15, 0.2) is 0 Å². The van der Waals surface area contributed by atoms with Crippen LogP contribution in [0.3, 0.4) is 0 Å². The van der Waals surface area contributed by atoms with Crippen LogP contribution in [0.2, 0.25) is 0 Å². The van der Waals surface area contributed by atoms with Crippen molar-refractivity contribution in [3.63, 3.8) is 0 Å². The van der Waals surface area contributed by atoms with Gasteiger partial charge in [-0.15, -0.1) is 0 Å². The maximum atomic E-state index is 3.59. The van der Waals surface area contributed by atoms with Crippen LogP contribution < -0.4 is 0 Å². The molecule has 0 aliphatic carbocycles. The van der Waals surface area contributed by atoms with Gasteiger partial charge >= 0.3 is 0 Å². The molecule has 4 aromatic rings. The Morgan fingerprint density at radius 1 is 0.591 bits per heavy atom. The summed E-state index contributed by atoms with van der Waals surface area (Å²) in [6.07, 6.45) is 0. The molecule has 0 aliphatic heterocycles. The first-order chi connectivity index (χ1) is 10.6. The van der Waals surface area contributed by atoms with E-state index in [0.29, 0.717) is 0 Å². The second-order valence-electron chi connectivity index (χ2n) is 5.14. The summed E-state index contributed by atoms with van der Waals surface area (Å²) in [5.41, 5.74) is 3.56. The van der Waals surface area contributed by atoms with Crippen molar-refractivity contribution in [2.45, 2.75) is 0 Å². The third-order valence-electron chi connectivity index (χ3n) is 3.76. The molecule has 0 N–H and O–H groups in total. The molecule has 0 saturated carbocycles. The summed E-state index contributed by atoms with van der Waals surface area (Å²) >= 11 is 10.7. The van der Waals surface area contributed by atoms with E-state index in [0.717, 1.165) is 19.1 Å². The SMILES string of the molecule is Brc1cccc(-n2c3ccc(Br)cc3c3cc(Br)ccc32)c1. The molecule has 0 amide bonds. The van der Waals surface area contributed by atoms with E-state index >= 15 is 0 Å². The molecule has 0 atom stereocenters. The van der Waals surface area contributed by atoms with Crippen molar-refractivity contribution in [2.75, 3.05) is 0 Å². The fourth-order valence-electron chi connectivity index (χ4n) is 2.86. The van der Waals surface area contributed by atoms with Crippen LogP contribution in [0.1, 0.15) is 0 Å². The quantitative estimate of drug-likeness (QED) is 0.275. The number of rotatable bonds is 1. The summed E-state index contributed by atoms with van der Waals surface area (Å²) in [4.78, 5) is 0. The van der Waals surface area contributed by atoms with Gasteiger partial charge in [-0.3, -0.25) is 0 Å². The highest BCUT2D eigenvalue weighted by atomic mass is 79.9. The molecule has 22 heavy (non-hydrogen) atoms. The Kier molecular flexibility index (Phi) is 3.63. The molecule has 0 spiro atoms. The second kappa shape index (κ2) is 5.52. The lowest BCUT2D eigenvalue weighted by Crippen LogP contribution is -1.93. The van der Waals surface area contributed by atoms with Crippen molar-refractivity contribution >= 4 is 69.6 Å². The number of benzene rings is 3. The van der Waals surface area contributed by atoms with Gasteiger partial charge in [-0.25, -0.2) is 0 Å². The lowest BCUT2D eigenvalue weighted by atomic mass is 10.2. The van der Waals surface area contributed by atoms with Crippen LogP contribution >= 0.6 is 47.8 Å². The summed E-state index contributed by atoms with van der Waals surface area (Å²) in [5.74, 6) is 0. The highest BCUT2D eigenvalue weighted by Gasteiger charge is 2.13. The van der Waals surface area contributed by atoms with Gasteiger partial charge in [-0.1, -0.05) is 53.9 Å². The molecule has 4 heteroatoms. The summed E-state index contributed by atoms with van der Waals surface area (Å²) in [6, 6.07) is 21.2. The molecule has 0 aliphatic rings. The number of fused-ring (bicyclic) bond motifs is 3. The van der Waals surface area contributed by atoms with Crippen molar-refractivity contribution in [3.8, 4) is 5.69 Å². The molecule has 0 radical (unpaired) electrons. The number of hydrogen-bond donors (Lipinski definition) is 0. The second-order valence-corrected chi connectivity index (χ2v) is 7.89. The minimum absolute atomic E-state index is 1.08. The van der Waals surface area contributed by atoms with Crippen molar-refractivity contribution < 1.29 is 0 Å². The molecule has 3 aromatic carbocycles. The molecule has 0 fully saturated rings. The third-order valence-corrected chi connectivity index (χ3v) is 5.24. The molecule has 0 bridgehead atoms. The highest BCUT2D eigenvalue weighted by molar-refractivity contribution is 9.11. The maximum absolute atomic E-state index is 3.59. The largest absolute Gasteiger partial charge is 0.309 e. The predicted molar refractivity (Wildman–Crippen MR) is 104 cm³/mol. The van der Waals surface area contributed by atoms with Gasteiger partial charge in [0.2, 0.25) is 0 Å². The first kappa shape index (κ1) is 14.5. The number of aromatic nitrogens is 1. The fraction of sp³-hybridized carbons (Fsp3) is 0. The van der Waals surface area contributed by atoms with Crippen LogP contribution in [-0.4, -0.2) is 4.57 Å². The molecule has 0 saturated heterocycles. The van der Waals surface area contributed by atoms with Gasteiger partial charge in [0.25, 0.3) is 0 Å². The summed E-state index contributed by atoms with van der Waals surface area (Å²) in [5, 5.41) is 2.48. The van der Waals surface area contributed by atoms with Gasteiger partial charge in [0.1, 0.15) is 0 Å². The van der Waals surface area contributed by atoms with E-state index in [-0.39, 0.29) is 0 Å². The van der Waals surface area contributed by atoms with Gasteiger partial charge in [0.05, 0.1) is 11.0 Å². The van der Waals surface area contributed by atoms with Crippen molar-refractivity contribution in [1.82, 2.24) is 4.57 Å². The van der Waals surface area contributed by atoms with Crippen LogP contribution in [0.25, 0.3) is 27.5 Å². The van der Waals surface area contributed by atoms with E-state index in [9.17, 15) is 0 Å². The lowest BCUT2D eigenvalue weighted by molar-refractivity contribution is 1.18. The van der Waals surface area contributed by atoms with Crippen LogP contribution in [0.4, 0.5) is 0 Å². The molecule has 1 aromatic heterocycles. The number of hydrogen-bond acceptors (Lipinski definition) is 0. The van der Waals surface area contributed by atoms with Gasteiger partial charge in [-0.05, 0) is 54.6 Å². The Morgan fingerprint density at radius 2 is 1.14 bits per heavy atom. The Bertz CT molecular complexity index is 958. The first-order valence-electron chi connectivity index (χ1n) is 6.79. The smallest absolute Gasteiger partial charge is 0.0541 e. The minimum atomic E-state index is 1.08. The molecular weight excluding hydrogens is 470 g/mol. The monoisotopic (exact) mass is 477 g/mol. The fourth-order valence-corrected chi connectivity index (χ4v) is 3.97. The van der Waals surface area contributed by atoms with Crippen LogP contribution in [0.5, 0.6) is 0 Å². The lowest BCUT2D eigenvalue weighted by Gasteiger charge is -2.08. The highest BCUT2D eigenvalue weighted by Crippen LogP contribution is 2.35. The summed E-state index contributed by atoms with van der Waals surface area (Å²) in [6.45, 7) is 0. The van der Waals surface area contributed by atoms with Crippen molar-refractivity contribution in [1.29, 1.82) is 0 Å². The van der Waals surface area contributed by atoms with E-state index in [4.69, 9.17) is 0 Å². The van der Waals surface area contributed by atoms with E-state index in [1.165, 1.54) is 21.8 Å². The molecular formula is C18H10Br3N.